The lowest BCUT2D eigenvalue weighted by Gasteiger charge is -2.07. The van der Waals surface area contributed by atoms with Gasteiger partial charge in [0.1, 0.15) is 0 Å². The highest BCUT2D eigenvalue weighted by molar-refractivity contribution is 7.21. The van der Waals surface area contributed by atoms with Crippen molar-refractivity contribution in [2.24, 2.45) is 0 Å². The van der Waals surface area contributed by atoms with Gasteiger partial charge in [-0.15, -0.1) is 0 Å². The van der Waals surface area contributed by atoms with Crippen molar-refractivity contribution in [2.45, 2.75) is 0 Å². The zero-order chi connectivity index (χ0) is 15.4. The summed E-state index contributed by atoms with van der Waals surface area (Å²) < 4.78 is 6.71. The molecule has 0 unspecified atom stereocenters. The van der Waals surface area contributed by atoms with Crippen LogP contribution in [0.2, 0.25) is 0 Å². The van der Waals surface area contributed by atoms with E-state index in [0.29, 0.717) is 0 Å². The molecule has 5 aromatic rings. The molecule has 2 heteroatoms. The molecule has 0 saturated carbocycles. The Bertz CT molecular complexity index is 1200. The van der Waals surface area contributed by atoms with Gasteiger partial charge in [-0.25, -0.2) is 0 Å². The number of fused-ring (bicyclic) bond motifs is 6. The van der Waals surface area contributed by atoms with E-state index in [-0.39, 0.29) is 0 Å². The summed E-state index contributed by atoms with van der Waals surface area (Å²) in [5.41, 5.74) is 0. The smallest absolute Gasteiger partial charge is 0.174 e. The molecule has 110 valence electrons. The second-order valence-electron chi connectivity index (χ2n) is 5.83. The molecule has 0 aliphatic carbocycles. The summed E-state index contributed by atoms with van der Waals surface area (Å²) in [6, 6.07) is 24.2. The monoisotopic (exact) mass is 314 g/mol. The maximum Gasteiger partial charge on any atom is 0.174 e. The van der Waals surface area contributed by atoms with E-state index in [1.165, 1.54) is 42.4 Å². The van der Waals surface area contributed by atoms with Crippen LogP contribution in [0.25, 0.3) is 42.4 Å². The molecule has 0 spiro atoms. The lowest BCUT2D eigenvalue weighted by Crippen LogP contribution is -1.80. The average molecular weight is 314 g/mol. The second kappa shape index (κ2) is 4.71. The molecular formula is C21H14OS. The third-order valence-corrected chi connectivity index (χ3v) is 5.69. The van der Waals surface area contributed by atoms with Crippen molar-refractivity contribution < 1.29 is 4.74 Å². The molecular weight excluding hydrogens is 300 g/mol. The van der Waals surface area contributed by atoms with Crippen molar-refractivity contribution in [2.75, 3.05) is 7.11 Å². The summed E-state index contributed by atoms with van der Waals surface area (Å²) in [5.74, 6) is 0. The van der Waals surface area contributed by atoms with Crippen LogP contribution in [0, 0.1) is 0 Å². The summed E-state index contributed by atoms with van der Waals surface area (Å²) in [6.07, 6.45) is 0. The predicted octanol–water partition coefficient (Wildman–Crippen LogP) is 6.37. The van der Waals surface area contributed by atoms with Crippen molar-refractivity contribution in [1.29, 1.82) is 0 Å². The summed E-state index contributed by atoms with van der Waals surface area (Å²) in [7, 11) is 1.73. The highest BCUT2D eigenvalue weighted by Gasteiger charge is 2.09. The Labute approximate surface area is 137 Å². The predicted molar refractivity (Wildman–Crippen MR) is 101 cm³/mol. The van der Waals surface area contributed by atoms with Crippen LogP contribution in [0.4, 0.5) is 0 Å². The Hall–Kier alpha value is -2.58. The van der Waals surface area contributed by atoms with Gasteiger partial charge in [0.05, 0.1) is 7.11 Å². The highest BCUT2D eigenvalue weighted by atomic mass is 32.1. The molecule has 4 aromatic carbocycles. The highest BCUT2D eigenvalue weighted by Crippen LogP contribution is 2.39. The fraction of sp³-hybridized carbons (Fsp3) is 0.0476. The molecule has 0 saturated heterocycles. The van der Waals surface area contributed by atoms with Gasteiger partial charge in [-0.05, 0) is 50.5 Å². The number of rotatable bonds is 1. The van der Waals surface area contributed by atoms with Crippen LogP contribution in [0.3, 0.4) is 0 Å². The number of thiophene rings is 1. The molecule has 23 heavy (non-hydrogen) atoms. The summed E-state index contributed by atoms with van der Waals surface area (Å²) >= 11 is 1.72. The molecule has 0 fully saturated rings. The van der Waals surface area contributed by atoms with Crippen LogP contribution in [0.15, 0.2) is 66.7 Å². The average Bonchev–Trinajstić information content (AvgIpc) is 3.03. The summed E-state index contributed by atoms with van der Waals surface area (Å²) in [6.45, 7) is 0. The minimum atomic E-state index is 0.964. The first-order chi connectivity index (χ1) is 11.3. The number of hydrogen-bond acceptors (Lipinski definition) is 2. The summed E-state index contributed by atoms with van der Waals surface area (Å²) in [5, 5.41) is 10.0. The Kier molecular flexibility index (Phi) is 2.64. The minimum absolute atomic E-state index is 0.964. The molecule has 1 heterocycles. The largest absolute Gasteiger partial charge is 0.487 e. The lowest BCUT2D eigenvalue weighted by molar-refractivity contribution is 0.427. The van der Waals surface area contributed by atoms with E-state index in [1.807, 2.05) is 0 Å². The maximum atomic E-state index is 5.41. The van der Waals surface area contributed by atoms with Crippen LogP contribution in [-0.2, 0) is 0 Å². The van der Waals surface area contributed by atoms with Gasteiger partial charge in [-0.2, -0.15) is 0 Å². The van der Waals surface area contributed by atoms with Crippen LogP contribution < -0.4 is 4.74 Å². The van der Waals surface area contributed by atoms with Gasteiger partial charge in [0, 0.05) is 10.1 Å². The van der Waals surface area contributed by atoms with Crippen LogP contribution in [0.1, 0.15) is 0 Å². The van der Waals surface area contributed by atoms with E-state index in [9.17, 15) is 0 Å². The molecule has 0 radical (unpaired) electrons. The fourth-order valence-corrected chi connectivity index (χ4v) is 4.41. The molecule has 5 rings (SSSR count). The van der Waals surface area contributed by atoms with Crippen molar-refractivity contribution >= 4 is 53.7 Å². The topological polar surface area (TPSA) is 9.23 Å². The molecule has 0 N–H and O–H groups in total. The Morgan fingerprint density at radius 1 is 0.652 bits per heavy atom. The molecule has 0 aliphatic heterocycles. The molecule has 0 aliphatic rings. The van der Waals surface area contributed by atoms with Crippen LogP contribution in [-0.4, -0.2) is 7.11 Å². The zero-order valence-electron chi connectivity index (χ0n) is 12.7. The Morgan fingerprint density at radius 3 is 2.22 bits per heavy atom. The molecule has 0 atom stereocenters. The Balaban J connectivity index is 1.96. The van der Waals surface area contributed by atoms with Gasteiger partial charge in [0.15, 0.2) is 5.06 Å². The van der Waals surface area contributed by atoms with E-state index in [1.54, 1.807) is 18.4 Å². The van der Waals surface area contributed by atoms with Gasteiger partial charge in [0.2, 0.25) is 0 Å². The van der Waals surface area contributed by atoms with Crippen LogP contribution in [0.5, 0.6) is 5.06 Å². The normalized spacial score (nSPS) is 11.7. The van der Waals surface area contributed by atoms with E-state index in [2.05, 4.69) is 66.7 Å². The van der Waals surface area contributed by atoms with Crippen LogP contribution >= 0.6 is 11.3 Å². The van der Waals surface area contributed by atoms with Gasteiger partial charge in [0.25, 0.3) is 0 Å². The van der Waals surface area contributed by atoms with E-state index >= 15 is 0 Å². The third-order valence-electron chi connectivity index (χ3n) is 4.54. The number of ether oxygens (including phenoxy) is 1. The van der Waals surface area contributed by atoms with E-state index in [0.717, 1.165) is 5.06 Å². The standard InChI is InChI=1S/C21H14OS/c1-22-20-12-16-7-8-17-18(21(16)23-20)9-6-15-10-13-4-2-3-5-14(13)11-19(15)17/h2-12H,1H3. The fourth-order valence-electron chi connectivity index (χ4n) is 3.40. The van der Waals surface area contributed by atoms with Gasteiger partial charge in [-0.3, -0.25) is 0 Å². The Morgan fingerprint density at radius 2 is 1.39 bits per heavy atom. The van der Waals surface area contributed by atoms with E-state index in [4.69, 9.17) is 4.74 Å². The van der Waals surface area contributed by atoms with E-state index < -0.39 is 0 Å². The first-order valence-electron chi connectivity index (χ1n) is 7.65. The maximum absolute atomic E-state index is 5.41. The van der Waals surface area contributed by atoms with Crippen molar-refractivity contribution in [3.63, 3.8) is 0 Å². The lowest BCUT2D eigenvalue weighted by atomic mass is 9.98. The van der Waals surface area contributed by atoms with Gasteiger partial charge < -0.3 is 4.74 Å². The van der Waals surface area contributed by atoms with Crippen molar-refractivity contribution in [3.8, 4) is 5.06 Å². The number of methoxy groups -OCH3 is 1. The molecule has 1 nitrogen and oxygen atoms in total. The van der Waals surface area contributed by atoms with Crippen molar-refractivity contribution in [3.05, 3.63) is 66.7 Å². The molecule has 0 bridgehead atoms. The summed E-state index contributed by atoms with van der Waals surface area (Å²) in [4.78, 5) is 0. The molecule has 1 aromatic heterocycles. The SMILES string of the molecule is COc1cc2ccc3c4cc5ccccc5cc4ccc3c2s1. The zero-order valence-corrected chi connectivity index (χ0v) is 13.5. The second-order valence-corrected chi connectivity index (χ2v) is 6.85. The quantitative estimate of drug-likeness (QED) is 0.258. The van der Waals surface area contributed by atoms with Gasteiger partial charge >= 0.3 is 0 Å². The first-order valence-corrected chi connectivity index (χ1v) is 8.47. The van der Waals surface area contributed by atoms with Gasteiger partial charge in [-0.1, -0.05) is 59.9 Å². The van der Waals surface area contributed by atoms with Crippen molar-refractivity contribution in [1.82, 2.24) is 0 Å². The first kappa shape index (κ1) is 12.9. The number of hydrogen-bond donors (Lipinski definition) is 0. The molecule has 0 amide bonds. The minimum Gasteiger partial charge on any atom is -0.487 e. The number of benzene rings is 4. The third kappa shape index (κ3) is 1.85.